The van der Waals surface area contributed by atoms with Gasteiger partial charge >= 0.3 is 6.09 Å². The van der Waals surface area contributed by atoms with Gasteiger partial charge in [-0.2, -0.15) is 0 Å². The first-order chi connectivity index (χ1) is 25.7. The second-order valence-electron chi connectivity index (χ2n) is 16.1. The highest BCUT2D eigenvalue weighted by molar-refractivity contribution is 7.91. The van der Waals surface area contributed by atoms with Crippen LogP contribution in [0.15, 0.2) is 48.5 Å². The minimum atomic E-state index is -3.95. The van der Waals surface area contributed by atoms with Gasteiger partial charge in [-0.3, -0.25) is 19.1 Å². The fraction of sp³-hybridized carbons (Fsp3) is 0.526. The Morgan fingerprint density at radius 3 is 2.31 bits per heavy atom. The number of aromatic nitrogens is 2. The first kappa shape index (κ1) is 41.4. The third kappa shape index (κ3) is 9.55. The molecule has 298 valence electrons. The van der Waals surface area contributed by atoms with Gasteiger partial charge in [-0.05, 0) is 58.4 Å². The molecule has 4 atom stereocenters. The second kappa shape index (κ2) is 15.8. The highest BCUT2D eigenvalue weighted by Gasteiger charge is 2.49. The van der Waals surface area contributed by atoms with Gasteiger partial charge < -0.3 is 29.7 Å². The van der Waals surface area contributed by atoms with Crippen molar-refractivity contribution in [2.24, 2.45) is 5.41 Å². The van der Waals surface area contributed by atoms with Gasteiger partial charge in [0.25, 0.3) is 5.91 Å². The number of likely N-dealkylation sites (tertiary alicyclic amines) is 1. The van der Waals surface area contributed by atoms with Gasteiger partial charge in [-0.15, -0.1) is 17.9 Å². The smallest absolute Gasteiger partial charge is 0.408 e. The molecule has 1 aliphatic heterocycles. The van der Waals surface area contributed by atoms with Gasteiger partial charge in [0.05, 0.1) is 18.9 Å². The van der Waals surface area contributed by atoms with Crippen LogP contribution in [0.5, 0.6) is 11.6 Å². The molecule has 4 unspecified atom stereocenters. The molecule has 2 fully saturated rings. The number of alkyl carbamates (subject to hydrolysis) is 1. The van der Waals surface area contributed by atoms with Gasteiger partial charge in [-0.1, -0.05) is 45.0 Å². The summed E-state index contributed by atoms with van der Waals surface area (Å²) < 4.78 is 45.4. The number of methoxy groups -OCH3 is 1. The van der Waals surface area contributed by atoms with E-state index in [-0.39, 0.29) is 25.3 Å². The zero-order chi connectivity index (χ0) is 40.5. The van der Waals surface area contributed by atoms with E-state index < -0.39 is 73.8 Å². The van der Waals surface area contributed by atoms with Crippen molar-refractivity contribution in [3.8, 4) is 22.3 Å². The number of amides is 4. The van der Waals surface area contributed by atoms with E-state index in [2.05, 4.69) is 26.9 Å². The molecular formula is C38H50N6O9S2. The van der Waals surface area contributed by atoms with Crippen molar-refractivity contribution in [1.29, 1.82) is 0 Å². The quantitative estimate of drug-likeness (QED) is 0.203. The number of pyridine rings is 1. The lowest BCUT2D eigenvalue weighted by Gasteiger charge is -2.36. The predicted octanol–water partition coefficient (Wildman–Crippen LogP) is 4.71. The summed E-state index contributed by atoms with van der Waals surface area (Å²) in [5.74, 6) is -1.53. The summed E-state index contributed by atoms with van der Waals surface area (Å²) in [4.78, 5) is 66.1. The largest absolute Gasteiger partial charge is 0.494 e. The summed E-state index contributed by atoms with van der Waals surface area (Å²) in [6.07, 6.45) is 2.15. The summed E-state index contributed by atoms with van der Waals surface area (Å²) >= 11 is 1.37. The summed E-state index contributed by atoms with van der Waals surface area (Å²) in [6, 6.07) is 5.00. The number of nitrogens with one attached hydrogen (secondary N) is 3. The summed E-state index contributed by atoms with van der Waals surface area (Å²) in [7, 11) is -2.40. The molecule has 0 spiro atoms. The van der Waals surface area contributed by atoms with Crippen molar-refractivity contribution in [3.05, 3.63) is 48.5 Å². The van der Waals surface area contributed by atoms with E-state index in [1.807, 2.05) is 29.6 Å². The summed E-state index contributed by atoms with van der Waals surface area (Å²) in [5, 5.41) is 8.49. The molecule has 3 N–H and O–H groups in total. The van der Waals surface area contributed by atoms with Crippen molar-refractivity contribution in [2.45, 2.75) is 109 Å². The van der Waals surface area contributed by atoms with Crippen LogP contribution in [-0.2, 0) is 29.1 Å². The Morgan fingerprint density at radius 2 is 1.75 bits per heavy atom. The van der Waals surface area contributed by atoms with Crippen LogP contribution in [0, 0.1) is 5.41 Å². The highest BCUT2D eigenvalue weighted by Crippen LogP contribution is 2.41. The van der Waals surface area contributed by atoms with Crippen LogP contribution >= 0.6 is 11.3 Å². The Labute approximate surface area is 325 Å². The molecule has 0 bridgehead atoms. The number of carbonyl (C=O) groups excluding carboxylic acids is 4. The number of hydrogen-bond donors (Lipinski definition) is 3. The van der Waals surface area contributed by atoms with E-state index in [0.717, 1.165) is 0 Å². The van der Waals surface area contributed by atoms with Gasteiger partial charge in [-0.25, -0.2) is 23.2 Å². The molecule has 2 aromatic heterocycles. The van der Waals surface area contributed by atoms with Crippen LogP contribution in [0.25, 0.3) is 21.5 Å². The van der Waals surface area contributed by atoms with E-state index >= 15 is 0 Å². The van der Waals surface area contributed by atoms with Crippen molar-refractivity contribution < 1.29 is 41.8 Å². The lowest BCUT2D eigenvalue weighted by atomic mass is 9.85. The molecule has 5 rings (SSSR count). The van der Waals surface area contributed by atoms with E-state index in [1.165, 1.54) is 29.2 Å². The molecule has 0 radical (unpaired) electrons. The number of benzene rings is 1. The molecule has 1 saturated carbocycles. The standard InChI is InChI=1S/C38H50N6O9S2/c1-10-17-38(8,34(47)43-55(49,50)23-15-16-23)42-30(45)26-20-22(21-44(26)33(46)29(36(2,3)4)41-35(48)53-37(5,6)7)52-31-25-14-12-11-13-24(25)28(51-9)27(40-31)32-39-18-19-54-32/h10-14,18-19,22-23,26,29H,1,15-17,20-21H2,2-9H3,(H,41,48)(H,42,45)(H,43,47). The van der Waals surface area contributed by atoms with E-state index in [0.29, 0.717) is 40.1 Å². The van der Waals surface area contributed by atoms with E-state index in [4.69, 9.17) is 19.2 Å². The van der Waals surface area contributed by atoms with Gasteiger partial charge in [0, 0.05) is 28.8 Å². The molecular weight excluding hydrogens is 749 g/mol. The van der Waals surface area contributed by atoms with Gasteiger partial charge in [0.1, 0.15) is 40.0 Å². The number of sulfonamides is 1. The van der Waals surface area contributed by atoms with Crippen LogP contribution in [0.1, 0.15) is 74.1 Å². The first-order valence-electron chi connectivity index (χ1n) is 18.0. The average Bonchev–Trinajstić information content (AvgIpc) is 3.66. The van der Waals surface area contributed by atoms with Crippen LogP contribution < -0.4 is 24.8 Å². The summed E-state index contributed by atoms with van der Waals surface area (Å²) in [5.41, 5.74) is -2.99. The zero-order valence-electron chi connectivity index (χ0n) is 32.4. The van der Waals surface area contributed by atoms with Crippen LogP contribution in [-0.4, -0.2) is 95.3 Å². The lowest BCUT2D eigenvalue weighted by Crippen LogP contribution is -2.62. The Kier molecular flexibility index (Phi) is 11.9. The average molecular weight is 799 g/mol. The topological polar surface area (TPSA) is 195 Å². The maximum atomic E-state index is 14.6. The molecule has 1 aliphatic carbocycles. The first-order valence-corrected chi connectivity index (χ1v) is 20.4. The molecule has 3 heterocycles. The Balaban J connectivity index is 1.52. The normalized spacial score (nSPS) is 19.2. The zero-order valence-corrected chi connectivity index (χ0v) is 34.1. The third-order valence-electron chi connectivity index (χ3n) is 9.22. The number of nitrogens with zero attached hydrogens (tertiary/aromatic N) is 3. The molecule has 1 saturated heterocycles. The minimum Gasteiger partial charge on any atom is -0.494 e. The van der Waals surface area contributed by atoms with E-state index in [1.54, 1.807) is 54.8 Å². The molecule has 55 heavy (non-hydrogen) atoms. The van der Waals surface area contributed by atoms with Crippen LogP contribution in [0.3, 0.4) is 0 Å². The number of thiazole rings is 1. The SMILES string of the molecule is C=CCC(C)(NC(=O)C1CC(Oc2nc(-c3nccs3)c(OC)c3ccccc23)CN1C(=O)C(NC(=O)OC(C)(C)C)C(C)(C)C)C(=O)NS(=O)(=O)C1CC1. The maximum Gasteiger partial charge on any atom is 0.408 e. The van der Waals surface area contributed by atoms with Crippen molar-refractivity contribution in [3.63, 3.8) is 0 Å². The number of hydrogen-bond acceptors (Lipinski definition) is 12. The van der Waals surface area contributed by atoms with Crippen molar-refractivity contribution in [1.82, 2.24) is 30.2 Å². The monoisotopic (exact) mass is 798 g/mol. The highest BCUT2D eigenvalue weighted by atomic mass is 32.2. The van der Waals surface area contributed by atoms with Gasteiger partial charge in [0.2, 0.25) is 27.7 Å². The maximum absolute atomic E-state index is 14.6. The molecule has 2 aliphatic rings. The molecule has 3 aromatic rings. The summed E-state index contributed by atoms with van der Waals surface area (Å²) in [6.45, 7) is 15.4. The van der Waals surface area contributed by atoms with Crippen LogP contribution in [0.2, 0.25) is 0 Å². The van der Waals surface area contributed by atoms with Crippen LogP contribution in [0.4, 0.5) is 4.79 Å². The fourth-order valence-corrected chi connectivity index (χ4v) is 8.34. The second-order valence-corrected chi connectivity index (χ2v) is 19.0. The third-order valence-corrected chi connectivity index (χ3v) is 11.8. The lowest BCUT2D eigenvalue weighted by molar-refractivity contribution is -0.143. The Bertz CT molecular complexity index is 2060. The molecule has 17 heteroatoms. The fourth-order valence-electron chi connectivity index (χ4n) is 6.31. The number of rotatable bonds is 13. The Morgan fingerprint density at radius 1 is 1.07 bits per heavy atom. The number of ether oxygens (including phenoxy) is 3. The molecule has 4 amide bonds. The van der Waals surface area contributed by atoms with Crippen molar-refractivity contribution >= 4 is 55.9 Å². The number of carbonyl (C=O) groups is 4. The molecule has 15 nitrogen and oxygen atoms in total. The molecule has 1 aromatic carbocycles. The number of fused-ring (bicyclic) bond motifs is 1. The van der Waals surface area contributed by atoms with E-state index in [9.17, 15) is 27.6 Å². The predicted molar refractivity (Wildman–Crippen MR) is 208 cm³/mol. The minimum absolute atomic E-state index is 0.0400. The van der Waals surface area contributed by atoms with Crippen molar-refractivity contribution in [2.75, 3.05) is 13.7 Å². The Hall–Kier alpha value is -4.77. The van der Waals surface area contributed by atoms with Gasteiger partial charge in [0.15, 0.2) is 5.75 Å².